The highest BCUT2D eigenvalue weighted by atomic mass is 16.5. The number of benzene rings is 2. The number of carbonyl (C=O) groups is 2. The van der Waals surface area contributed by atoms with Gasteiger partial charge in [0.15, 0.2) is 0 Å². The smallest absolute Gasteiger partial charge is 0.295 e. The first-order valence-corrected chi connectivity index (χ1v) is 11.7. The maximum atomic E-state index is 13.1. The number of carbonyl (C=O) groups excluding carboxylic acids is 2. The Morgan fingerprint density at radius 3 is 2.41 bits per heavy atom. The van der Waals surface area contributed by atoms with Crippen LogP contribution in [0.5, 0.6) is 11.5 Å². The molecule has 1 unspecified atom stereocenters. The van der Waals surface area contributed by atoms with E-state index < -0.39 is 17.7 Å². The number of ketones is 1. The topological polar surface area (TPSA) is 85.3 Å². The lowest BCUT2D eigenvalue weighted by Gasteiger charge is -2.25. The Balaban J connectivity index is 1.97. The molecule has 2 aromatic carbocycles. The molecule has 1 aliphatic rings. The molecule has 7 heteroatoms. The van der Waals surface area contributed by atoms with Gasteiger partial charge >= 0.3 is 0 Å². The number of unbranched alkanes of at least 4 members (excludes halogenated alkanes) is 2. The van der Waals surface area contributed by atoms with Crippen molar-refractivity contribution in [3.8, 4) is 11.5 Å². The fourth-order valence-electron chi connectivity index (χ4n) is 3.99. The second-order valence-electron chi connectivity index (χ2n) is 8.07. The molecule has 0 aliphatic carbocycles. The van der Waals surface area contributed by atoms with Crippen LogP contribution in [0.2, 0.25) is 0 Å². The highest BCUT2D eigenvalue weighted by molar-refractivity contribution is 6.46. The van der Waals surface area contributed by atoms with Crippen molar-refractivity contribution in [1.82, 2.24) is 4.90 Å². The van der Waals surface area contributed by atoms with Crippen LogP contribution in [0.3, 0.4) is 0 Å². The van der Waals surface area contributed by atoms with Crippen molar-refractivity contribution < 1.29 is 28.9 Å². The van der Waals surface area contributed by atoms with Crippen molar-refractivity contribution >= 4 is 17.4 Å². The zero-order valence-corrected chi connectivity index (χ0v) is 20.1. The Morgan fingerprint density at radius 2 is 1.74 bits per heavy atom. The number of hydrogen-bond donors (Lipinski definition) is 1. The summed E-state index contributed by atoms with van der Waals surface area (Å²) in [4.78, 5) is 27.4. The minimum atomic E-state index is -0.750. The molecule has 1 amide bonds. The molecule has 1 aliphatic heterocycles. The Hall–Kier alpha value is -3.32. The average molecular weight is 468 g/mol. The van der Waals surface area contributed by atoms with Crippen LogP contribution in [-0.2, 0) is 14.3 Å². The standard InChI is InChI=1S/C27H33NO6/c1-4-6-7-16-34-21-13-11-19(12-14-21)25(29)23-24(20-9-8-10-22(18-20)33-5-2)28(15-17-32-3)27(31)26(23)30/h8-14,18,24,29H,4-7,15-17H2,1-3H3/b25-23-. The predicted octanol–water partition coefficient (Wildman–Crippen LogP) is 4.72. The monoisotopic (exact) mass is 467 g/mol. The van der Waals surface area contributed by atoms with Gasteiger partial charge in [-0.05, 0) is 55.3 Å². The molecule has 7 nitrogen and oxygen atoms in total. The van der Waals surface area contributed by atoms with Crippen LogP contribution < -0.4 is 9.47 Å². The van der Waals surface area contributed by atoms with E-state index in [4.69, 9.17) is 14.2 Å². The summed E-state index contributed by atoms with van der Waals surface area (Å²) in [6.07, 6.45) is 3.20. The zero-order chi connectivity index (χ0) is 24.5. The molecule has 1 saturated heterocycles. The predicted molar refractivity (Wildman–Crippen MR) is 130 cm³/mol. The second kappa shape index (κ2) is 12.2. The maximum Gasteiger partial charge on any atom is 0.295 e. The van der Waals surface area contributed by atoms with Crippen molar-refractivity contribution in [2.75, 3.05) is 33.5 Å². The van der Waals surface area contributed by atoms with E-state index >= 15 is 0 Å². The quantitative estimate of drug-likeness (QED) is 0.210. The van der Waals surface area contributed by atoms with Crippen LogP contribution in [0.4, 0.5) is 0 Å². The molecule has 0 saturated carbocycles. The minimum Gasteiger partial charge on any atom is -0.507 e. The van der Waals surface area contributed by atoms with E-state index in [9.17, 15) is 14.7 Å². The highest BCUT2D eigenvalue weighted by Gasteiger charge is 2.46. The molecule has 182 valence electrons. The molecule has 1 fully saturated rings. The van der Waals surface area contributed by atoms with Crippen molar-refractivity contribution in [2.24, 2.45) is 0 Å². The maximum absolute atomic E-state index is 13.1. The fraction of sp³-hybridized carbons (Fsp3) is 0.407. The number of Topliss-reactive ketones (excluding diaryl/α,β-unsaturated/α-hetero) is 1. The first-order chi connectivity index (χ1) is 16.5. The van der Waals surface area contributed by atoms with Gasteiger partial charge in [0.25, 0.3) is 11.7 Å². The Bertz CT molecular complexity index is 1010. The molecule has 34 heavy (non-hydrogen) atoms. The van der Waals surface area contributed by atoms with Crippen molar-refractivity contribution in [2.45, 2.75) is 39.2 Å². The average Bonchev–Trinajstić information content (AvgIpc) is 3.10. The van der Waals surface area contributed by atoms with Crippen molar-refractivity contribution in [3.63, 3.8) is 0 Å². The third-order valence-electron chi connectivity index (χ3n) is 5.71. The lowest BCUT2D eigenvalue weighted by atomic mass is 9.95. The van der Waals surface area contributed by atoms with Crippen LogP contribution in [0.15, 0.2) is 54.1 Å². The van der Waals surface area contributed by atoms with E-state index in [1.54, 1.807) is 36.4 Å². The number of ether oxygens (including phenoxy) is 3. The molecule has 1 N–H and O–H groups in total. The zero-order valence-electron chi connectivity index (χ0n) is 20.1. The van der Waals surface area contributed by atoms with Crippen molar-refractivity contribution in [3.05, 3.63) is 65.2 Å². The third kappa shape index (κ3) is 5.78. The van der Waals surface area contributed by atoms with Gasteiger partial charge in [-0.2, -0.15) is 0 Å². The largest absolute Gasteiger partial charge is 0.507 e. The van der Waals surface area contributed by atoms with Gasteiger partial charge in [0.1, 0.15) is 17.3 Å². The van der Waals surface area contributed by atoms with E-state index in [-0.39, 0.29) is 24.5 Å². The number of methoxy groups -OCH3 is 1. The molecule has 3 rings (SSSR count). The molecule has 0 radical (unpaired) electrons. The van der Waals surface area contributed by atoms with Crippen LogP contribution >= 0.6 is 0 Å². The molecule has 2 aromatic rings. The third-order valence-corrected chi connectivity index (χ3v) is 5.71. The van der Waals surface area contributed by atoms with Gasteiger partial charge in [-0.15, -0.1) is 0 Å². The Kier molecular flexibility index (Phi) is 9.10. The molecule has 0 aromatic heterocycles. The summed E-state index contributed by atoms with van der Waals surface area (Å²) in [5.74, 6) is -0.291. The van der Waals surface area contributed by atoms with E-state index in [1.165, 1.54) is 12.0 Å². The van der Waals surface area contributed by atoms with Gasteiger partial charge in [0.2, 0.25) is 0 Å². The number of aliphatic hydroxyl groups is 1. The molecule has 1 heterocycles. The molecule has 0 bridgehead atoms. The van der Waals surface area contributed by atoms with Crippen molar-refractivity contribution in [1.29, 1.82) is 0 Å². The number of rotatable bonds is 12. The van der Waals surface area contributed by atoms with Crippen LogP contribution in [0.1, 0.15) is 50.3 Å². The van der Waals surface area contributed by atoms with E-state index in [2.05, 4.69) is 6.92 Å². The van der Waals surface area contributed by atoms with E-state index in [1.807, 2.05) is 19.1 Å². The van der Waals surface area contributed by atoms with Gasteiger partial charge < -0.3 is 24.2 Å². The normalized spacial score (nSPS) is 17.3. The fourth-order valence-corrected chi connectivity index (χ4v) is 3.99. The number of aliphatic hydroxyl groups excluding tert-OH is 1. The summed E-state index contributed by atoms with van der Waals surface area (Å²) in [6.45, 7) is 5.61. The highest BCUT2D eigenvalue weighted by Crippen LogP contribution is 2.40. The number of nitrogens with zero attached hydrogens (tertiary/aromatic N) is 1. The second-order valence-corrected chi connectivity index (χ2v) is 8.07. The van der Waals surface area contributed by atoms with Crippen LogP contribution in [0, 0.1) is 0 Å². The first-order valence-electron chi connectivity index (χ1n) is 11.7. The summed E-state index contributed by atoms with van der Waals surface area (Å²) >= 11 is 0. The number of likely N-dealkylation sites (tertiary alicyclic amines) is 1. The Morgan fingerprint density at radius 1 is 0.971 bits per heavy atom. The van der Waals surface area contributed by atoms with Gasteiger partial charge in [0, 0.05) is 19.2 Å². The summed E-state index contributed by atoms with van der Waals surface area (Å²) in [5, 5.41) is 11.2. The lowest BCUT2D eigenvalue weighted by molar-refractivity contribution is -0.140. The van der Waals surface area contributed by atoms with Gasteiger partial charge in [0.05, 0.1) is 31.4 Å². The first kappa shape index (κ1) is 25.3. The van der Waals surface area contributed by atoms with Crippen LogP contribution in [-0.4, -0.2) is 55.2 Å². The molecule has 1 atom stereocenters. The van der Waals surface area contributed by atoms with Crippen LogP contribution in [0.25, 0.3) is 5.76 Å². The molecule has 0 spiro atoms. The summed E-state index contributed by atoms with van der Waals surface area (Å²) < 4.78 is 16.5. The van der Waals surface area contributed by atoms with E-state index in [0.29, 0.717) is 35.8 Å². The van der Waals surface area contributed by atoms with Gasteiger partial charge in [-0.25, -0.2) is 0 Å². The summed E-state index contributed by atoms with van der Waals surface area (Å²) in [5.41, 5.74) is 1.17. The Labute approximate surface area is 200 Å². The SMILES string of the molecule is CCCCCOc1ccc(/C(O)=C2/C(=O)C(=O)N(CCOC)C2c2cccc(OCC)c2)cc1. The summed E-state index contributed by atoms with van der Waals surface area (Å²) in [6, 6.07) is 13.4. The minimum absolute atomic E-state index is 0.0476. The van der Waals surface area contributed by atoms with E-state index in [0.717, 1.165) is 19.3 Å². The number of hydrogen-bond acceptors (Lipinski definition) is 6. The lowest BCUT2D eigenvalue weighted by Crippen LogP contribution is -2.32. The molecular weight excluding hydrogens is 434 g/mol. The molecular formula is C27H33NO6. The van der Waals surface area contributed by atoms with Gasteiger partial charge in [-0.1, -0.05) is 31.9 Å². The number of amides is 1. The summed E-state index contributed by atoms with van der Waals surface area (Å²) in [7, 11) is 1.53. The van der Waals surface area contributed by atoms with Gasteiger partial charge in [-0.3, -0.25) is 9.59 Å².